The highest BCUT2D eigenvalue weighted by Crippen LogP contribution is 2.14. The summed E-state index contributed by atoms with van der Waals surface area (Å²) in [6.07, 6.45) is 2.42. The molecule has 2 rings (SSSR count). The highest BCUT2D eigenvalue weighted by atomic mass is 32.1. The maximum atomic E-state index is 11.7. The van der Waals surface area contributed by atoms with Crippen molar-refractivity contribution in [2.45, 2.75) is 12.5 Å². The van der Waals surface area contributed by atoms with Gasteiger partial charge in [0.15, 0.2) is 0 Å². The lowest BCUT2D eigenvalue weighted by Crippen LogP contribution is -2.40. The minimum Gasteiger partial charge on any atom is -0.379 e. The van der Waals surface area contributed by atoms with Gasteiger partial charge < -0.3 is 9.64 Å². The molecule has 0 saturated carbocycles. The van der Waals surface area contributed by atoms with E-state index in [1.54, 1.807) is 11.9 Å². The molecule has 7 heteroatoms. The third-order valence-electron chi connectivity index (χ3n) is 2.37. The van der Waals surface area contributed by atoms with Crippen LogP contribution in [0.2, 0.25) is 0 Å². The third kappa shape index (κ3) is 2.42. The first-order chi connectivity index (χ1) is 7.27. The van der Waals surface area contributed by atoms with Crippen molar-refractivity contribution in [3.8, 4) is 0 Å². The number of urea groups is 1. The van der Waals surface area contributed by atoms with Crippen LogP contribution in [0.25, 0.3) is 0 Å². The highest BCUT2D eigenvalue weighted by molar-refractivity contribution is 7.10. The van der Waals surface area contributed by atoms with Gasteiger partial charge >= 0.3 is 6.03 Å². The monoisotopic (exact) mass is 228 g/mol. The first kappa shape index (κ1) is 10.3. The van der Waals surface area contributed by atoms with Crippen LogP contribution in [0.1, 0.15) is 6.42 Å². The molecule has 1 atom stereocenters. The average Bonchev–Trinajstić information content (AvgIpc) is 2.88. The van der Waals surface area contributed by atoms with Gasteiger partial charge in [-0.05, 0) is 6.42 Å². The Bertz CT molecular complexity index is 323. The Labute approximate surface area is 91.4 Å². The lowest BCUT2D eigenvalue weighted by Gasteiger charge is -2.22. The number of likely N-dealkylation sites (N-methyl/N-ethyl adjacent to an activating group) is 1. The second-order valence-electron chi connectivity index (χ2n) is 3.34. The van der Waals surface area contributed by atoms with E-state index in [-0.39, 0.29) is 12.1 Å². The summed E-state index contributed by atoms with van der Waals surface area (Å²) in [5.41, 5.74) is 0. The Kier molecular flexibility index (Phi) is 3.12. The molecule has 6 nitrogen and oxygen atoms in total. The molecule has 1 aromatic rings. The Morgan fingerprint density at radius 3 is 3.27 bits per heavy atom. The molecule has 1 fully saturated rings. The predicted octanol–water partition coefficient (Wildman–Crippen LogP) is 0.791. The molecule has 1 aromatic heterocycles. The molecule has 1 saturated heterocycles. The number of rotatable bonds is 2. The molecule has 1 unspecified atom stereocenters. The average molecular weight is 228 g/mol. The molecule has 1 aliphatic rings. The lowest BCUT2D eigenvalue weighted by molar-refractivity contribution is 0.164. The van der Waals surface area contributed by atoms with Crippen molar-refractivity contribution in [2.75, 3.05) is 25.6 Å². The van der Waals surface area contributed by atoms with Gasteiger partial charge in [-0.3, -0.25) is 5.32 Å². The van der Waals surface area contributed by atoms with Crippen LogP contribution < -0.4 is 5.32 Å². The fraction of sp³-hybridized carbons (Fsp3) is 0.625. The maximum absolute atomic E-state index is 11.7. The fourth-order valence-electron chi connectivity index (χ4n) is 1.41. The third-order valence-corrected chi connectivity index (χ3v) is 2.95. The van der Waals surface area contributed by atoms with Crippen LogP contribution >= 0.6 is 11.5 Å². The van der Waals surface area contributed by atoms with Gasteiger partial charge in [0.2, 0.25) is 0 Å². The van der Waals surface area contributed by atoms with Crippen LogP contribution in [0.3, 0.4) is 0 Å². The van der Waals surface area contributed by atoms with Crippen LogP contribution in [-0.2, 0) is 4.74 Å². The van der Waals surface area contributed by atoms with Gasteiger partial charge in [0, 0.05) is 25.2 Å². The van der Waals surface area contributed by atoms with E-state index in [1.165, 1.54) is 6.20 Å². The highest BCUT2D eigenvalue weighted by Gasteiger charge is 2.24. The van der Waals surface area contributed by atoms with Gasteiger partial charge in [-0.2, -0.15) is 0 Å². The minimum atomic E-state index is -0.142. The Morgan fingerprint density at radius 1 is 1.80 bits per heavy atom. The number of ether oxygens (including phenoxy) is 1. The number of hydrogen-bond acceptors (Lipinski definition) is 5. The fourth-order valence-corrected chi connectivity index (χ4v) is 1.82. The summed E-state index contributed by atoms with van der Waals surface area (Å²) in [6, 6.07) is 0.0300. The van der Waals surface area contributed by atoms with E-state index in [9.17, 15) is 4.79 Å². The van der Waals surface area contributed by atoms with E-state index in [0.29, 0.717) is 11.6 Å². The van der Waals surface area contributed by atoms with Crippen molar-refractivity contribution in [1.82, 2.24) is 14.5 Å². The topological polar surface area (TPSA) is 67.4 Å². The molecule has 0 radical (unpaired) electrons. The number of hydrogen-bond donors (Lipinski definition) is 1. The largest absolute Gasteiger partial charge is 0.379 e. The van der Waals surface area contributed by atoms with Crippen LogP contribution in [0.4, 0.5) is 9.80 Å². The van der Waals surface area contributed by atoms with E-state index >= 15 is 0 Å². The number of nitrogens with one attached hydrogen (secondary N) is 1. The van der Waals surface area contributed by atoms with E-state index < -0.39 is 0 Å². The first-order valence-corrected chi connectivity index (χ1v) is 5.43. The van der Waals surface area contributed by atoms with E-state index in [4.69, 9.17) is 4.74 Å². The van der Waals surface area contributed by atoms with Gasteiger partial charge in [0.05, 0.1) is 18.8 Å². The molecule has 2 amide bonds. The number of carbonyl (C=O) groups excluding carboxylic acids is 1. The SMILES string of the molecule is CN(C(=O)Nc1cnns1)C1CCOC1. The van der Waals surface area contributed by atoms with E-state index in [0.717, 1.165) is 24.6 Å². The van der Waals surface area contributed by atoms with Crippen molar-refractivity contribution in [3.05, 3.63) is 6.20 Å². The minimum absolute atomic E-state index is 0.142. The number of nitrogens with zero attached hydrogens (tertiary/aromatic N) is 3. The van der Waals surface area contributed by atoms with Crippen molar-refractivity contribution in [1.29, 1.82) is 0 Å². The summed E-state index contributed by atoms with van der Waals surface area (Å²) in [4.78, 5) is 13.4. The molecule has 0 spiro atoms. The summed E-state index contributed by atoms with van der Waals surface area (Å²) in [5.74, 6) is 0. The zero-order valence-electron chi connectivity index (χ0n) is 8.34. The van der Waals surface area contributed by atoms with Crippen LogP contribution in [0.15, 0.2) is 6.20 Å². The molecular weight excluding hydrogens is 216 g/mol. The number of anilines is 1. The number of amides is 2. The zero-order chi connectivity index (χ0) is 10.7. The zero-order valence-corrected chi connectivity index (χ0v) is 9.16. The summed E-state index contributed by atoms with van der Waals surface area (Å²) < 4.78 is 8.89. The molecule has 15 heavy (non-hydrogen) atoms. The van der Waals surface area contributed by atoms with E-state index in [2.05, 4.69) is 14.9 Å². The van der Waals surface area contributed by atoms with Gasteiger partial charge in [0.1, 0.15) is 5.00 Å². The molecule has 0 aromatic carbocycles. The Hall–Kier alpha value is -1.21. The summed E-state index contributed by atoms with van der Waals surface area (Å²) in [7, 11) is 1.77. The van der Waals surface area contributed by atoms with E-state index in [1.807, 2.05) is 0 Å². The molecular formula is C8H12N4O2S. The summed E-state index contributed by atoms with van der Waals surface area (Å²) in [5, 5.41) is 7.02. The van der Waals surface area contributed by atoms with Crippen LogP contribution in [0.5, 0.6) is 0 Å². The smallest absolute Gasteiger partial charge is 0.322 e. The van der Waals surface area contributed by atoms with Crippen LogP contribution in [0, 0.1) is 0 Å². The standard InChI is InChI=1S/C8H12N4O2S/c1-12(6-2-3-14-5-6)8(13)10-7-4-9-11-15-7/h4,6H,2-3,5H2,1H3,(H,10,13). The first-order valence-electron chi connectivity index (χ1n) is 4.66. The second-order valence-corrected chi connectivity index (χ2v) is 4.13. The number of carbonyl (C=O) groups is 1. The number of aromatic nitrogens is 2. The van der Waals surface area contributed by atoms with Crippen molar-refractivity contribution in [3.63, 3.8) is 0 Å². The summed E-state index contributed by atoms with van der Waals surface area (Å²) >= 11 is 1.16. The molecule has 0 aliphatic carbocycles. The predicted molar refractivity (Wildman–Crippen MR) is 55.9 cm³/mol. The summed E-state index contributed by atoms with van der Waals surface area (Å²) in [6.45, 7) is 1.34. The van der Waals surface area contributed by atoms with Crippen molar-refractivity contribution >= 4 is 22.6 Å². The van der Waals surface area contributed by atoms with Gasteiger partial charge in [0.25, 0.3) is 0 Å². The lowest BCUT2D eigenvalue weighted by atomic mass is 10.2. The van der Waals surface area contributed by atoms with Crippen molar-refractivity contribution in [2.24, 2.45) is 0 Å². The molecule has 0 bridgehead atoms. The van der Waals surface area contributed by atoms with Crippen LogP contribution in [-0.4, -0.2) is 46.8 Å². The Balaban J connectivity index is 1.89. The quantitative estimate of drug-likeness (QED) is 0.812. The van der Waals surface area contributed by atoms with Gasteiger partial charge in [-0.15, -0.1) is 5.10 Å². The molecule has 2 heterocycles. The molecule has 1 N–H and O–H groups in total. The normalized spacial score (nSPS) is 20.2. The Morgan fingerprint density at radius 2 is 2.67 bits per heavy atom. The van der Waals surface area contributed by atoms with Crippen molar-refractivity contribution < 1.29 is 9.53 Å². The molecule has 1 aliphatic heterocycles. The second kappa shape index (κ2) is 4.54. The van der Waals surface area contributed by atoms with Gasteiger partial charge in [-0.1, -0.05) is 4.49 Å². The maximum Gasteiger partial charge on any atom is 0.322 e. The molecule has 82 valence electrons. The van der Waals surface area contributed by atoms with Gasteiger partial charge in [-0.25, -0.2) is 4.79 Å².